The minimum absolute atomic E-state index is 0.168. The molecule has 14 nitrogen and oxygen atoms in total. The fourth-order valence-electron chi connectivity index (χ4n) is 6.84. The zero-order chi connectivity index (χ0) is 36.3. The van der Waals surface area contributed by atoms with Gasteiger partial charge in [0.2, 0.25) is 0 Å². The topological polar surface area (TPSA) is 167 Å². The van der Waals surface area contributed by atoms with Crippen LogP contribution in [-0.2, 0) is 32.3 Å². The summed E-state index contributed by atoms with van der Waals surface area (Å²) >= 11 is 0. The normalized spacial score (nSPS) is 19.3. The van der Waals surface area contributed by atoms with Crippen LogP contribution in [0.4, 0.5) is 19.2 Å². The van der Waals surface area contributed by atoms with Crippen molar-refractivity contribution in [2.45, 2.75) is 88.5 Å². The Balaban J connectivity index is 0.000000198. The first-order chi connectivity index (χ1) is 24.6. The molecular formula is C37H48N6O8. The molecule has 0 aromatic heterocycles. The lowest BCUT2D eigenvalue weighted by molar-refractivity contribution is -0.155. The lowest BCUT2D eigenvalue weighted by Gasteiger charge is -2.36. The van der Waals surface area contributed by atoms with Gasteiger partial charge in [-0.05, 0) is 36.8 Å². The van der Waals surface area contributed by atoms with Crippen molar-refractivity contribution in [1.82, 2.24) is 30.7 Å². The smallest absolute Gasteiger partial charge is 0.332 e. The number of imide groups is 2. The molecule has 2 saturated carbocycles. The Bertz CT molecular complexity index is 1540. The number of nitrogens with zero attached hydrogens (tertiary/aromatic N) is 3. The summed E-state index contributed by atoms with van der Waals surface area (Å²) in [5.41, 5.74) is -0.306. The zero-order valence-corrected chi connectivity index (χ0v) is 29.2. The second kappa shape index (κ2) is 17.2. The highest BCUT2D eigenvalue weighted by molar-refractivity contribution is 5.98. The van der Waals surface area contributed by atoms with E-state index in [0.29, 0.717) is 51.9 Å². The molecule has 0 atom stereocenters. The van der Waals surface area contributed by atoms with Crippen molar-refractivity contribution >= 4 is 36.1 Å². The van der Waals surface area contributed by atoms with Gasteiger partial charge in [0.05, 0.1) is 0 Å². The van der Waals surface area contributed by atoms with Gasteiger partial charge in [0.15, 0.2) is 0 Å². The van der Waals surface area contributed by atoms with Gasteiger partial charge in [0.1, 0.15) is 24.3 Å². The molecule has 4 aliphatic rings. The van der Waals surface area contributed by atoms with E-state index >= 15 is 0 Å². The average Bonchev–Trinajstić information content (AvgIpc) is 3.75. The summed E-state index contributed by atoms with van der Waals surface area (Å²) in [5.74, 6) is -0.849. The summed E-state index contributed by atoms with van der Waals surface area (Å²) in [6.07, 6.45) is 7.53. The summed E-state index contributed by atoms with van der Waals surface area (Å²) in [4.78, 5) is 78.1. The highest BCUT2D eigenvalue weighted by Gasteiger charge is 2.46. The molecule has 2 aliphatic carbocycles. The number of benzene rings is 2. The van der Waals surface area contributed by atoms with Gasteiger partial charge in [-0.3, -0.25) is 0 Å². The number of esters is 2. The van der Waals surface area contributed by atoms with E-state index in [4.69, 9.17) is 9.47 Å². The average molecular weight is 705 g/mol. The molecule has 4 fully saturated rings. The minimum Gasteiger partial charge on any atom is -0.459 e. The Labute approximate surface area is 298 Å². The molecule has 0 radical (unpaired) electrons. The van der Waals surface area contributed by atoms with Crippen LogP contribution in [0.1, 0.15) is 75.3 Å². The summed E-state index contributed by atoms with van der Waals surface area (Å²) in [7, 11) is 1.65. The predicted molar refractivity (Wildman–Crippen MR) is 186 cm³/mol. The quantitative estimate of drug-likeness (QED) is 0.333. The largest absolute Gasteiger partial charge is 0.459 e. The number of carbonyl (C=O) groups excluding carboxylic acids is 6. The van der Waals surface area contributed by atoms with Crippen molar-refractivity contribution in [2.24, 2.45) is 0 Å². The molecule has 3 N–H and O–H groups in total. The number of hydrogen-bond acceptors (Lipinski definition) is 8. The van der Waals surface area contributed by atoms with Gasteiger partial charge in [-0.1, -0.05) is 99.2 Å². The summed E-state index contributed by atoms with van der Waals surface area (Å²) in [5, 5.41) is 8.20. The van der Waals surface area contributed by atoms with Gasteiger partial charge < -0.3 is 30.3 Å². The molecule has 6 rings (SSSR count). The first kappa shape index (κ1) is 37.1. The van der Waals surface area contributed by atoms with Crippen LogP contribution in [0.25, 0.3) is 0 Å². The Morgan fingerprint density at radius 1 is 0.647 bits per heavy atom. The second-order valence-electron chi connectivity index (χ2n) is 13.5. The molecule has 51 heavy (non-hydrogen) atoms. The molecule has 8 amide bonds. The SMILES string of the molecule is CN1CCN(C(=O)NC2(C(=O)OCc3ccccc3)CCCCC2)C1=O.O=C1NCCN1C(=O)NC1(C(=O)OCc2ccccc2)CCCCC1. The van der Waals surface area contributed by atoms with Crippen molar-refractivity contribution in [3.63, 3.8) is 0 Å². The number of rotatable bonds is 8. The highest BCUT2D eigenvalue weighted by atomic mass is 16.5. The molecule has 2 heterocycles. The third kappa shape index (κ3) is 9.35. The summed E-state index contributed by atoms with van der Waals surface area (Å²) < 4.78 is 11.0. The standard InChI is InChI=1S/C19H25N3O4.C18H23N3O4/c1-21-12-13-22(18(21)25)17(24)20-19(10-6-3-7-11-19)16(23)26-14-15-8-4-2-5-9-15;22-15(25-13-14-7-3-1-4-8-14)18(9-5-2-6-10-18)20-17(24)21-12-11-19-16(21)23/h2,4-5,8-9H,3,6-7,10-14H2,1H3,(H,20,24);1,3-4,7-8H,2,5-6,9-13H2,(H,19,23)(H,20,24). The van der Waals surface area contributed by atoms with Crippen molar-refractivity contribution in [3.8, 4) is 0 Å². The molecule has 2 aliphatic heterocycles. The van der Waals surface area contributed by atoms with Crippen LogP contribution >= 0.6 is 0 Å². The molecule has 14 heteroatoms. The van der Waals surface area contributed by atoms with Gasteiger partial charge in [-0.15, -0.1) is 0 Å². The van der Waals surface area contributed by atoms with Gasteiger partial charge in [0, 0.05) is 33.2 Å². The molecule has 0 spiro atoms. The van der Waals surface area contributed by atoms with Crippen molar-refractivity contribution in [3.05, 3.63) is 71.8 Å². The number of hydrogen-bond donors (Lipinski definition) is 3. The van der Waals surface area contributed by atoms with E-state index in [-0.39, 0.29) is 19.2 Å². The molecule has 274 valence electrons. The predicted octanol–water partition coefficient (Wildman–Crippen LogP) is 4.68. The van der Waals surface area contributed by atoms with E-state index < -0.39 is 41.1 Å². The van der Waals surface area contributed by atoms with Crippen LogP contribution in [-0.4, -0.2) is 95.1 Å². The van der Waals surface area contributed by atoms with Crippen molar-refractivity contribution in [1.29, 1.82) is 0 Å². The number of urea groups is 4. The Morgan fingerprint density at radius 3 is 1.49 bits per heavy atom. The molecule has 0 bridgehead atoms. The van der Waals surface area contributed by atoms with E-state index in [9.17, 15) is 28.8 Å². The van der Waals surface area contributed by atoms with Crippen LogP contribution in [0, 0.1) is 0 Å². The highest BCUT2D eigenvalue weighted by Crippen LogP contribution is 2.31. The minimum atomic E-state index is -1.05. The Morgan fingerprint density at radius 2 is 1.10 bits per heavy atom. The second-order valence-corrected chi connectivity index (χ2v) is 13.5. The lowest BCUT2D eigenvalue weighted by atomic mass is 9.81. The summed E-state index contributed by atoms with van der Waals surface area (Å²) in [6, 6.07) is 17.1. The van der Waals surface area contributed by atoms with E-state index in [2.05, 4.69) is 16.0 Å². The third-order valence-electron chi connectivity index (χ3n) is 9.88. The number of nitrogens with one attached hydrogen (secondary N) is 3. The number of amides is 8. The third-order valence-corrected chi connectivity index (χ3v) is 9.88. The fraction of sp³-hybridized carbons (Fsp3) is 0.514. The van der Waals surface area contributed by atoms with Gasteiger partial charge >= 0.3 is 36.1 Å². The molecule has 2 saturated heterocycles. The Kier molecular flexibility index (Phi) is 12.5. The van der Waals surface area contributed by atoms with Crippen molar-refractivity contribution < 1.29 is 38.2 Å². The van der Waals surface area contributed by atoms with Gasteiger partial charge in [-0.25, -0.2) is 38.6 Å². The first-order valence-electron chi connectivity index (χ1n) is 17.8. The maximum absolute atomic E-state index is 12.8. The van der Waals surface area contributed by atoms with E-state index in [1.54, 1.807) is 7.05 Å². The van der Waals surface area contributed by atoms with E-state index in [1.165, 1.54) is 4.90 Å². The molecule has 2 aromatic carbocycles. The van der Waals surface area contributed by atoms with E-state index in [0.717, 1.165) is 59.5 Å². The summed E-state index contributed by atoms with van der Waals surface area (Å²) in [6.45, 7) is 1.90. The fourth-order valence-corrected chi connectivity index (χ4v) is 6.84. The van der Waals surface area contributed by atoms with Crippen LogP contribution in [0.3, 0.4) is 0 Å². The van der Waals surface area contributed by atoms with Crippen LogP contribution in [0.15, 0.2) is 60.7 Å². The monoisotopic (exact) mass is 704 g/mol. The molecule has 2 aromatic rings. The molecule has 0 unspecified atom stereocenters. The van der Waals surface area contributed by atoms with Crippen LogP contribution in [0.2, 0.25) is 0 Å². The van der Waals surface area contributed by atoms with Crippen molar-refractivity contribution in [2.75, 3.05) is 33.2 Å². The first-order valence-corrected chi connectivity index (χ1v) is 17.8. The number of likely N-dealkylation sites (N-methyl/N-ethyl adjacent to an activating group) is 1. The number of ether oxygens (including phenoxy) is 2. The van der Waals surface area contributed by atoms with Gasteiger partial charge in [0.25, 0.3) is 0 Å². The maximum Gasteiger partial charge on any atom is 0.332 e. The van der Waals surface area contributed by atoms with Crippen LogP contribution in [0.5, 0.6) is 0 Å². The van der Waals surface area contributed by atoms with E-state index in [1.807, 2.05) is 60.7 Å². The Hall–Kier alpha value is -5.14. The number of carbonyl (C=O) groups is 6. The van der Waals surface area contributed by atoms with Crippen LogP contribution < -0.4 is 16.0 Å². The maximum atomic E-state index is 12.8. The van der Waals surface area contributed by atoms with Gasteiger partial charge in [-0.2, -0.15) is 0 Å². The molecular weight excluding hydrogens is 656 g/mol. The zero-order valence-electron chi connectivity index (χ0n) is 29.2. The lowest BCUT2D eigenvalue weighted by Crippen LogP contribution is -2.59.